The van der Waals surface area contributed by atoms with Crippen LogP contribution in [0.25, 0.3) is 5.65 Å². The minimum atomic E-state index is 0.308. The van der Waals surface area contributed by atoms with Crippen molar-refractivity contribution < 1.29 is 0 Å². The molecule has 0 aliphatic carbocycles. The molecule has 0 spiro atoms. The third-order valence-electron chi connectivity index (χ3n) is 1.55. The fourth-order valence-corrected chi connectivity index (χ4v) is 1.36. The summed E-state index contributed by atoms with van der Waals surface area (Å²) in [5.74, 6) is 5.78. The third kappa shape index (κ3) is 1.31. The molecule has 0 saturated heterocycles. The second-order valence-electron chi connectivity index (χ2n) is 2.34. The van der Waals surface area contributed by atoms with Crippen molar-refractivity contribution in [2.45, 2.75) is 0 Å². The molecule has 2 aromatic heterocycles. The van der Waals surface area contributed by atoms with Crippen molar-refractivity contribution in [2.24, 2.45) is 5.84 Å². The molecule has 0 atom stereocenters. The molecule has 0 aromatic carbocycles. The van der Waals surface area contributed by atoms with Gasteiger partial charge in [-0.15, -0.1) is 0 Å². The average molecular weight is 218 g/mol. The highest BCUT2D eigenvalue weighted by Gasteiger charge is 2.07. The highest BCUT2D eigenvalue weighted by atomic mass is 35.5. The van der Waals surface area contributed by atoms with E-state index in [2.05, 4.69) is 15.5 Å². The largest absolute Gasteiger partial charge is 0.308 e. The number of rotatable bonds is 1. The lowest BCUT2D eigenvalue weighted by Gasteiger charge is -2.02. The Bertz CT molecular complexity index is 451. The van der Waals surface area contributed by atoms with Gasteiger partial charge in [0.25, 0.3) is 0 Å². The van der Waals surface area contributed by atoms with E-state index in [9.17, 15) is 0 Å². The Balaban J connectivity index is 2.84. The van der Waals surface area contributed by atoms with Crippen LogP contribution in [0.2, 0.25) is 10.2 Å². The van der Waals surface area contributed by atoms with Crippen LogP contribution in [0.4, 0.5) is 5.82 Å². The number of nitrogen functional groups attached to an aromatic ring is 1. The van der Waals surface area contributed by atoms with E-state index < -0.39 is 0 Å². The van der Waals surface area contributed by atoms with E-state index in [4.69, 9.17) is 29.0 Å². The summed E-state index contributed by atoms with van der Waals surface area (Å²) in [6.45, 7) is 0. The summed E-state index contributed by atoms with van der Waals surface area (Å²) in [4.78, 5) is 3.98. The molecule has 0 radical (unpaired) electrons. The molecular formula is C6H5Cl2N5. The SMILES string of the molecule is NNc1cc(Cl)nc2c(Cl)cnn12. The standard InChI is InChI=1S/C6H5Cl2N5/c7-3-2-10-13-5(12-9)1-4(8)11-6(3)13/h1-2,12H,9H2. The van der Waals surface area contributed by atoms with Crippen molar-refractivity contribution in [3.8, 4) is 0 Å². The molecule has 68 valence electrons. The smallest absolute Gasteiger partial charge is 0.177 e. The second kappa shape index (κ2) is 3.02. The predicted octanol–water partition coefficient (Wildman–Crippen LogP) is 1.32. The number of hydrazine groups is 1. The van der Waals surface area contributed by atoms with Gasteiger partial charge in [0.1, 0.15) is 16.0 Å². The van der Waals surface area contributed by atoms with E-state index in [1.807, 2.05) is 0 Å². The Hall–Kier alpha value is -1.04. The van der Waals surface area contributed by atoms with E-state index in [1.54, 1.807) is 6.07 Å². The Labute approximate surface area is 83.4 Å². The fraction of sp³-hybridized carbons (Fsp3) is 0. The van der Waals surface area contributed by atoms with Crippen molar-refractivity contribution in [3.05, 3.63) is 22.4 Å². The van der Waals surface area contributed by atoms with Crippen LogP contribution in [-0.2, 0) is 0 Å². The summed E-state index contributed by atoms with van der Waals surface area (Å²) in [6, 6.07) is 1.55. The average Bonchev–Trinajstić information content (AvgIpc) is 2.47. The zero-order valence-corrected chi connectivity index (χ0v) is 7.84. The Morgan fingerprint density at radius 2 is 2.23 bits per heavy atom. The molecule has 2 aromatic rings. The van der Waals surface area contributed by atoms with Crippen LogP contribution in [0.5, 0.6) is 0 Å². The van der Waals surface area contributed by atoms with Crippen molar-refractivity contribution in [3.63, 3.8) is 0 Å². The molecule has 0 fully saturated rings. The summed E-state index contributed by atoms with van der Waals surface area (Å²) < 4.78 is 1.47. The van der Waals surface area contributed by atoms with Crippen molar-refractivity contribution in [1.82, 2.24) is 14.6 Å². The predicted molar refractivity (Wildman–Crippen MR) is 50.8 cm³/mol. The van der Waals surface area contributed by atoms with Crippen molar-refractivity contribution in [2.75, 3.05) is 5.43 Å². The van der Waals surface area contributed by atoms with E-state index >= 15 is 0 Å². The van der Waals surface area contributed by atoms with Crippen LogP contribution in [-0.4, -0.2) is 14.6 Å². The Morgan fingerprint density at radius 1 is 1.46 bits per heavy atom. The first-order valence-corrected chi connectivity index (χ1v) is 4.14. The van der Waals surface area contributed by atoms with E-state index in [0.29, 0.717) is 21.6 Å². The van der Waals surface area contributed by atoms with Crippen LogP contribution in [0, 0.1) is 0 Å². The number of nitrogens with one attached hydrogen (secondary N) is 1. The Morgan fingerprint density at radius 3 is 2.92 bits per heavy atom. The number of fused-ring (bicyclic) bond motifs is 1. The van der Waals surface area contributed by atoms with Crippen LogP contribution in [0.1, 0.15) is 0 Å². The zero-order valence-electron chi connectivity index (χ0n) is 6.33. The fourth-order valence-electron chi connectivity index (χ4n) is 1.01. The summed E-state index contributed by atoms with van der Waals surface area (Å²) in [6.07, 6.45) is 1.47. The van der Waals surface area contributed by atoms with Gasteiger partial charge in [0.05, 0.1) is 6.20 Å². The third-order valence-corrected chi connectivity index (χ3v) is 2.01. The first-order valence-electron chi connectivity index (χ1n) is 3.39. The molecule has 7 heteroatoms. The Kier molecular flexibility index (Phi) is 1.99. The lowest BCUT2D eigenvalue weighted by molar-refractivity contribution is 0.936. The normalized spacial score (nSPS) is 10.7. The van der Waals surface area contributed by atoms with E-state index in [-0.39, 0.29) is 0 Å². The van der Waals surface area contributed by atoms with Gasteiger partial charge in [0.15, 0.2) is 5.65 Å². The van der Waals surface area contributed by atoms with Gasteiger partial charge in [-0.1, -0.05) is 23.2 Å². The van der Waals surface area contributed by atoms with Crippen LogP contribution < -0.4 is 11.3 Å². The number of aromatic nitrogens is 3. The number of halogens is 2. The van der Waals surface area contributed by atoms with E-state index in [1.165, 1.54) is 10.7 Å². The topological polar surface area (TPSA) is 68.2 Å². The minimum Gasteiger partial charge on any atom is -0.308 e. The molecule has 3 N–H and O–H groups in total. The van der Waals surface area contributed by atoms with Crippen LogP contribution in [0.15, 0.2) is 12.3 Å². The monoisotopic (exact) mass is 217 g/mol. The molecule has 0 aliphatic heterocycles. The van der Waals surface area contributed by atoms with Gasteiger partial charge in [0.2, 0.25) is 0 Å². The van der Waals surface area contributed by atoms with Crippen molar-refractivity contribution >= 4 is 34.7 Å². The van der Waals surface area contributed by atoms with Gasteiger partial charge in [-0.2, -0.15) is 9.61 Å². The van der Waals surface area contributed by atoms with Gasteiger partial charge in [-0.25, -0.2) is 10.8 Å². The van der Waals surface area contributed by atoms with Gasteiger partial charge in [-0.3, -0.25) is 0 Å². The molecule has 2 rings (SSSR count). The zero-order chi connectivity index (χ0) is 9.42. The molecule has 5 nitrogen and oxygen atoms in total. The van der Waals surface area contributed by atoms with Crippen LogP contribution in [0.3, 0.4) is 0 Å². The molecule has 2 heterocycles. The number of hydrogen-bond donors (Lipinski definition) is 2. The van der Waals surface area contributed by atoms with Gasteiger partial charge < -0.3 is 5.43 Å². The number of nitrogens with two attached hydrogens (primary N) is 1. The van der Waals surface area contributed by atoms with Gasteiger partial charge >= 0.3 is 0 Å². The molecule has 0 aliphatic rings. The number of anilines is 1. The molecule has 13 heavy (non-hydrogen) atoms. The number of nitrogens with zero attached hydrogens (tertiary/aromatic N) is 3. The summed E-state index contributed by atoms with van der Waals surface area (Å²) >= 11 is 11.5. The molecule has 0 amide bonds. The molecular weight excluding hydrogens is 213 g/mol. The maximum absolute atomic E-state index is 5.80. The molecule has 0 unspecified atom stereocenters. The van der Waals surface area contributed by atoms with Gasteiger partial charge in [-0.05, 0) is 0 Å². The highest BCUT2D eigenvalue weighted by molar-refractivity contribution is 6.34. The summed E-state index contributed by atoms with van der Waals surface area (Å²) in [5.41, 5.74) is 2.92. The maximum Gasteiger partial charge on any atom is 0.177 e. The first-order chi connectivity index (χ1) is 6.22. The maximum atomic E-state index is 5.80. The quantitative estimate of drug-likeness (QED) is 0.430. The summed E-state index contributed by atoms with van der Waals surface area (Å²) in [7, 11) is 0. The minimum absolute atomic E-state index is 0.308. The highest BCUT2D eigenvalue weighted by Crippen LogP contribution is 2.20. The first kappa shape index (κ1) is 8.55. The lowest BCUT2D eigenvalue weighted by atomic mass is 10.5. The van der Waals surface area contributed by atoms with Crippen molar-refractivity contribution in [1.29, 1.82) is 0 Å². The van der Waals surface area contributed by atoms with E-state index in [0.717, 1.165) is 0 Å². The lowest BCUT2D eigenvalue weighted by Crippen LogP contribution is -2.11. The summed E-state index contributed by atoms with van der Waals surface area (Å²) in [5, 5.41) is 4.69. The molecule has 0 bridgehead atoms. The molecule has 0 saturated carbocycles. The second-order valence-corrected chi connectivity index (χ2v) is 3.13. The van der Waals surface area contributed by atoms with Gasteiger partial charge in [0, 0.05) is 6.07 Å². The van der Waals surface area contributed by atoms with Crippen LogP contribution >= 0.6 is 23.2 Å². The number of hydrogen-bond acceptors (Lipinski definition) is 4.